The first-order valence-corrected chi connectivity index (χ1v) is 23.6. The van der Waals surface area contributed by atoms with E-state index in [1.807, 2.05) is 68.0 Å². The zero-order valence-corrected chi connectivity index (χ0v) is 31.9. The van der Waals surface area contributed by atoms with Crippen molar-refractivity contribution in [3.63, 3.8) is 0 Å². The molecule has 0 spiro atoms. The molecule has 0 atom stereocenters. The van der Waals surface area contributed by atoms with Gasteiger partial charge in [0.05, 0.1) is 0 Å². The third kappa shape index (κ3) is 7.35. The Balaban J connectivity index is 1.30. The standard InChI is InChI=1S/C37H42S6Si/c1-4-6-8-10-13-27-16-18-31(39-27)33-21-24-36(42-33)44(3,35-23-20-30(41-35)29-15-12-26-38-29)37-25-22-34(43-37)32-19-17-28(40-32)14-11-9-7-5-2/h12,15-26H,4-11,13-14H2,1-3H3. The Morgan fingerprint density at radius 3 is 1.32 bits per heavy atom. The Bertz CT molecular complexity index is 1630. The van der Waals surface area contributed by atoms with Crippen molar-refractivity contribution < 1.29 is 0 Å². The fourth-order valence-corrected chi connectivity index (χ4v) is 19.1. The second kappa shape index (κ2) is 15.3. The average Bonchev–Trinajstić information content (AvgIpc) is 3.88. The summed E-state index contributed by atoms with van der Waals surface area (Å²) in [5.41, 5.74) is 0. The predicted molar refractivity (Wildman–Crippen MR) is 209 cm³/mol. The molecule has 0 aliphatic heterocycles. The lowest BCUT2D eigenvalue weighted by atomic mass is 10.1. The summed E-state index contributed by atoms with van der Waals surface area (Å²) in [6, 6.07) is 28.5. The lowest BCUT2D eigenvalue weighted by Crippen LogP contribution is -2.61. The van der Waals surface area contributed by atoms with E-state index >= 15 is 0 Å². The van der Waals surface area contributed by atoms with Gasteiger partial charge < -0.3 is 0 Å². The SMILES string of the molecule is CCCCCCc1ccc(-c2ccc([Si](C)(c3ccc(-c4cccs4)s3)c3ccc(-c4ccc(CCCCCC)s4)s3)s2)s1. The van der Waals surface area contributed by atoms with Gasteiger partial charge in [0.2, 0.25) is 0 Å². The predicted octanol–water partition coefficient (Wildman–Crippen LogP) is 12.4. The Morgan fingerprint density at radius 1 is 0.455 bits per heavy atom. The van der Waals surface area contributed by atoms with Gasteiger partial charge in [0.25, 0.3) is 0 Å². The highest BCUT2D eigenvalue weighted by Gasteiger charge is 2.39. The molecule has 0 saturated heterocycles. The molecule has 6 aromatic rings. The fraction of sp³-hybridized carbons (Fsp3) is 0.351. The first-order valence-electron chi connectivity index (χ1n) is 16.1. The number of thiophene rings is 6. The van der Waals surface area contributed by atoms with Gasteiger partial charge >= 0.3 is 0 Å². The van der Waals surface area contributed by atoms with Crippen molar-refractivity contribution in [3.05, 3.63) is 87.9 Å². The van der Waals surface area contributed by atoms with Crippen LogP contribution in [0.5, 0.6) is 0 Å². The van der Waals surface area contributed by atoms with E-state index in [4.69, 9.17) is 0 Å². The van der Waals surface area contributed by atoms with Crippen LogP contribution >= 0.6 is 68.0 Å². The second-order valence-corrected chi connectivity index (χ2v) is 23.2. The van der Waals surface area contributed by atoms with E-state index in [-0.39, 0.29) is 0 Å². The molecule has 0 aliphatic rings. The molecule has 0 unspecified atom stereocenters. The van der Waals surface area contributed by atoms with Crippen LogP contribution in [0.1, 0.15) is 75.0 Å². The largest absolute Gasteiger partial charge is 0.181 e. The van der Waals surface area contributed by atoms with Crippen LogP contribution in [0, 0.1) is 0 Å². The molecule has 0 saturated carbocycles. The summed E-state index contributed by atoms with van der Waals surface area (Å²) in [6.07, 6.45) is 13.1. The molecule has 0 bridgehead atoms. The lowest BCUT2D eigenvalue weighted by Gasteiger charge is -2.24. The van der Waals surface area contributed by atoms with E-state index in [9.17, 15) is 0 Å². The van der Waals surface area contributed by atoms with Crippen LogP contribution in [-0.4, -0.2) is 8.07 Å². The second-order valence-electron chi connectivity index (χ2n) is 11.7. The normalized spacial score (nSPS) is 12.0. The van der Waals surface area contributed by atoms with Crippen molar-refractivity contribution in [3.8, 4) is 29.3 Å². The zero-order valence-electron chi connectivity index (χ0n) is 26.0. The van der Waals surface area contributed by atoms with Crippen molar-refractivity contribution in [1.29, 1.82) is 0 Å². The van der Waals surface area contributed by atoms with Crippen LogP contribution < -0.4 is 13.5 Å². The molecule has 6 heterocycles. The van der Waals surface area contributed by atoms with Gasteiger partial charge in [-0.2, -0.15) is 0 Å². The van der Waals surface area contributed by atoms with Crippen LogP contribution in [0.2, 0.25) is 6.55 Å². The Morgan fingerprint density at radius 2 is 0.886 bits per heavy atom. The fourth-order valence-electron chi connectivity index (χ4n) is 5.74. The van der Waals surface area contributed by atoms with Crippen LogP contribution in [0.15, 0.2) is 78.2 Å². The van der Waals surface area contributed by atoms with Gasteiger partial charge in [0.1, 0.15) is 0 Å². The van der Waals surface area contributed by atoms with Gasteiger partial charge in [-0.25, -0.2) is 0 Å². The molecule has 7 heteroatoms. The molecule has 230 valence electrons. The van der Waals surface area contributed by atoms with E-state index in [1.165, 1.54) is 103 Å². The third-order valence-corrected chi connectivity index (χ3v) is 22.9. The molecule has 0 nitrogen and oxygen atoms in total. The molecule has 44 heavy (non-hydrogen) atoms. The van der Waals surface area contributed by atoms with E-state index in [0.717, 1.165) is 0 Å². The summed E-state index contributed by atoms with van der Waals surface area (Å²) >= 11 is 12.0. The van der Waals surface area contributed by atoms with Crippen molar-refractivity contribution in [2.75, 3.05) is 0 Å². The number of unbranched alkanes of at least 4 members (excludes halogenated alkanes) is 6. The van der Waals surface area contributed by atoms with Gasteiger partial charge in [-0.3, -0.25) is 0 Å². The maximum Gasteiger partial charge on any atom is 0.181 e. The summed E-state index contributed by atoms with van der Waals surface area (Å²) in [7, 11) is -2.17. The maximum absolute atomic E-state index is 2.60. The summed E-state index contributed by atoms with van der Waals surface area (Å²) in [5.74, 6) is 0. The van der Waals surface area contributed by atoms with Crippen LogP contribution in [-0.2, 0) is 12.8 Å². The third-order valence-electron chi connectivity index (χ3n) is 8.42. The topological polar surface area (TPSA) is 0 Å². The van der Waals surface area contributed by atoms with Crippen molar-refractivity contribution in [1.82, 2.24) is 0 Å². The number of hydrogen-bond donors (Lipinski definition) is 0. The highest BCUT2D eigenvalue weighted by molar-refractivity contribution is 7.47. The monoisotopic (exact) mass is 706 g/mol. The number of aryl methyl sites for hydroxylation is 2. The Labute approximate surface area is 289 Å². The maximum atomic E-state index is 2.60. The molecular weight excluding hydrogens is 665 g/mol. The molecule has 0 amide bonds. The highest BCUT2D eigenvalue weighted by Crippen LogP contribution is 2.36. The minimum Gasteiger partial charge on any atom is -0.143 e. The van der Waals surface area contributed by atoms with Crippen LogP contribution in [0.3, 0.4) is 0 Å². The van der Waals surface area contributed by atoms with Gasteiger partial charge in [0, 0.05) is 52.5 Å². The number of rotatable bonds is 16. The smallest absolute Gasteiger partial charge is 0.143 e. The van der Waals surface area contributed by atoms with Gasteiger partial charge in [-0.1, -0.05) is 83.2 Å². The molecule has 0 aliphatic carbocycles. The van der Waals surface area contributed by atoms with E-state index in [1.54, 1.807) is 13.5 Å². The molecule has 0 radical (unpaired) electrons. The lowest BCUT2D eigenvalue weighted by molar-refractivity contribution is 0.670. The van der Waals surface area contributed by atoms with Gasteiger partial charge in [0.15, 0.2) is 8.07 Å². The van der Waals surface area contributed by atoms with Crippen molar-refractivity contribution in [2.45, 2.75) is 84.6 Å². The van der Waals surface area contributed by atoms with Crippen LogP contribution in [0.25, 0.3) is 29.3 Å². The van der Waals surface area contributed by atoms with Crippen LogP contribution in [0.4, 0.5) is 0 Å². The summed E-state index contributed by atoms with van der Waals surface area (Å²) in [4.78, 5) is 11.6. The first kappa shape index (κ1) is 32.4. The van der Waals surface area contributed by atoms with Gasteiger partial charge in [-0.05, 0) is 79.6 Å². The Hall–Kier alpha value is -1.58. The van der Waals surface area contributed by atoms with Crippen molar-refractivity contribution in [2.24, 2.45) is 0 Å². The van der Waals surface area contributed by atoms with E-state index < -0.39 is 8.07 Å². The quantitative estimate of drug-likeness (QED) is 0.0694. The molecule has 6 rings (SSSR count). The zero-order chi connectivity index (χ0) is 30.4. The Kier molecular flexibility index (Phi) is 11.3. The molecule has 0 aromatic carbocycles. The van der Waals surface area contributed by atoms with E-state index in [0.29, 0.717) is 0 Å². The summed E-state index contributed by atoms with van der Waals surface area (Å²) < 4.78 is 4.70. The molecule has 0 fully saturated rings. The summed E-state index contributed by atoms with van der Waals surface area (Å²) in [6.45, 7) is 7.18. The summed E-state index contributed by atoms with van der Waals surface area (Å²) in [5, 5.41) is 2.20. The molecule has 0 N–H and O–H groups in total. The molecule has 6 aromatic heterocycles. The van der Waals surface area contributed by atoms with Gasteiger partial charge in [-0.15, -0.1) is 68.0 Å². The van der Waals surface area contributed by atoms with Crippen molar-refractivity contribution >= 4 is 89.6 Å². The minimum atomic E-state index is -2.17. The minimum absolute atomic E-state index is 1.22. The van der Waals surface area contributed by atoms with E-state index in [2.05, 4.69) is 98.6 Å². The first-order chi connectivity index (χ1) is 21.6. The average molecular weight is 707 g/mol. The number of hydrogen-bond acceptors (Lipinski definition) is 6. The molecular formula is C37H42S6Si. The highest BCUT2D eigenvalue weighted by atomic mass is 32.1.